The summed E-state index contributed by atoms with van der Waals surface area (Å²) in [6.45, 7) is 6.66. The van der Waals surface area contributed by atoms with Crippen LogP contribution in [0.2, 0.25) is 0 Å². The van der Waals surface area contributed by atoms with Gasteiger partial charge in [0.05, 0.1) is 0 Å². The van der Waals surface area contributed by atoms with Gasteiger partial charge in [-0.15, -0.1) is 0 Å². The maximum absolute atomic E-state index is 3.50. The lowest BCUT2D eigenvalue weighted by atomic mass is 10.0. The van der Waals surface area contributed by atoms with Gasteiger partial charge in [0.25, 0.3) is 0 Å². The van der Waals surface area contributed by atoms with Gasteiger partial charge in [-0.2, -0.15) is 0 Å². The lowest BCUT2D eigenvalue weighted by Crippen LogP contribution is -2.20. The molecule has 0 aliphatic heterocycles. The van der Waals surface area contributed by atoms with Crippen molar-refractivity contribution in [3.05, 3.63) is 34.3 Å². The van der Waals surface area contributed by atoms with Crippen LogP contribution in [-0.4, -0.2) is 13.1 Å². The number of nitrogens with one attached hydrogen (secondary N) is 1. The van der Waals surface area contributed by atoms with Crippen LogP contribution >= 0.6 is 15.9 Å². The average Bonchev–Trinajstić information content (AvgIpc) is 2.23. The summed E-state index contributed by atoms with van der Waals surface area (Å²) < 4.78 is 1.18. The molecule has 0 saturated heterocycles. The zero-order valence-electron chi connectivity index (χ0n) is 9.59. The molecule has 0 bridgehead atoms. The molecule has 84 valence electrons. The highest BCUT2D eigenvalue weighted by Gasteiger charge is 2.02. The number of rotatable bonds is 6. The third-order valence-corrected chi connectivity index (χ3v) is 3.05. The van der Waals surface area contributed by atoms with Crippen molar-refractivity contribution in [2.45, 2.75) is 26.7 Å². The standard InChI is InChI=1S/C13H20BrN/c1-3-15-10-11(2)7-8-12-5-4-6-13(14)9-12/h4-6,9,11,15H,3,7-8,10H2,1-2H3. The van der Waals surface area contributed by atoms with Crippen LogP contribution in [0.4, 0.5) is 0 Å². The maximum Gasteiger partial charge on any atom is 0.0177 e. The zero-order valence-corrected chi connectivity index (χ0v) is 11.2. The molecule has 0 aromatic heterocycles. The maximum atomic E-state index is 3.50. The lowest BCUT2D eigenvalue weighted by Gasteiger charge is -2.11. The van der Waals surface area contributed by atoms with Crippen molar-refractivity contribution < 1.29 is 0 Å². The fraction of sp³-hybridized carbons (Fsp3) is 0.538. The Kier molecular flexibility index (Phi) is 5.96. The van der Waals surface area contributed by atoms with Crippen LogP contribution in [0.3, 0.4) is 0 Å². The molecule has 2 heteroatoms. The van der Waals surface area contributed by atoms with E-state index in [0.29, 0.717) is 0 Å². The highest BCUT2D eigenvalue weighted by molar-refractivity contribution is 9.10. The van der Waals surface area contributed by atoms with E-state index in [1.165, 1.54) is 22.9 Å². The fourth-order valence-corrected chi connectivity index (χ4v) is 2.04. The highest BCUT2D eigenvalue weighted by Crippen LogP contribution is 2.14. The van der Waals surface area contributed by atoms with Crippen molar-refractivity contribution in [1.82, 2.24) is 5.32 Å². The van der Waals surface area contributed by atoms with Crippen molar-refractivity contribution in [3.8, 4) is 0 Å². The Morgan fingerprint density at radius 2 is 2.20 bits per heavy atom. The number of benzene rings is 1. The Morgan fingerprint density at radius 3 is 2.87 bits per heavy atom. The van der Waals surface area contributed by atoms with E-state index in [9.17, 15) is 0 Å². The Labute approximate surface area is 101 Å². The molecule has 0 spiro atoms. The number of hydrogen-bond donors (Lipinski definition) is 1. The van der Waals surface area contributed by atoms with Gasteiger partial charge in [0.15, 0.2) is 0 Å². The topological polar surface area (TPSA) is 12.0 Å². The summed E-state index contributed by atoms with van der Waals surface area (Å²) >= 11 is 3.50. The average molecular weight is 270 g/mol. The molecule has 0 radical (unpaired) electrons. The third-order valence-electron chi connectivity index (χ3n) is 2.56. The zero-order chi connectivity index (χ0) is 11.1. The van der Waals surface area contributed by atoms with Gasteiger partial charge in [-0.1, -0.05) is 41.9 Å². The molecule has 1 atom stereocenters. The molecule has 0 heterocycles. The summed E-state index contributed by atoms with van der Waals surface area (Å²) in [4.78, 5) is 0. The van der Waals surface area contributed by atoms with Crippen molar-refractivity contribution in [2.75, 3.05) is 13.1 Å². The molecular formula is C13H20BrN. The quantitative estimate of drug-likeness (QED) is 0.832. The van der Waals surface area contributed by atoms with E-state index < -0.39 is 0 Å². The van der Waals surface area contributed by atoms with Gasteiger partial charge in [-0.25, -0.2) is 0 Å². The molecule has 1 aromatic rings. The van der Waals surface area contributed by atoms with Gasteiger partial charge < -0.3 is 5.32 Å². The van der Waals surface area contributed by atoms with Crippen LogP contribution in [0, 0.1) is 5.92 Å². The molecule has 15 heavy (non-hydrogen) atoms. The monoisotopic (exact) mass is 269 g/mol. The molecule has 1 N–H and O–H groups in total. The number of hydrogen-bond acceptors (Lipinski definition) is 1. The minimum Gasteiger partial charge on any atom is -0.317 e. The predicted octanol–water partition coefficient (Wildman–Crippen LogP) is 3.63. The van der Waals surface area contributed by atoms with Gasteiger partial charge in [-0.3, -0.25) is 0 Å². The first-order valence-electron chi connectivity index (χ1n) is 5.67. The van der Waals surface area contributed by atoms with Gasteiger partial charge in [0, 0.05) is 4.47 Å². The summed E-state index contributed by atoms with van der Waals surface area (Å²) in [6.07, 6.45) is 2.43. The van der Waals surface area contributed by atoms with E-state index in [-0.39, 0.29) is 0 Å². The minimum atomic E-state index is 0.754. The van der Waals surface area contributed by atoms with E-state index in [1.54, 1.807) is 0 Å². The molecule has 0 fully saturated rings. The Hall–Kier alpha value is -0.340. The van der Waals surface area contributed by atoms with Crippen LogP contribution < -0.4 is 5.32 Å². The second kappa shape index (κ2) is 7.02. The van der Waals surface area contributed by atoms with Crippen LogP contribution in [0.15, 0.2) is 28.7 Å². The summed E-state index contributed by atoms with van der Waals surface area (Å²) in [6, 6.07) is 8.59. The smallest absolute Gasteiger partial charge is 0.0177 e. The Morgan fingerprint density at radius 1 is 1.40 bits per heavy atom. The summed E-state index contributed by atoms with van der Waals surface area (Å²) in [5.41, 5.74) is 1.42. The van der Waals surface area contributed by atoms with Gasteiger partial charge in [0.2, 0.25) is 0 Å². The van der Waals surface area contributed by atoms with Crippen LogP contribution in [0.1, 0.15) is 25.8 Å². The van der Waals surface area contributed by atoms with E-state index in [2.05, 4.69) is 59.4 Å². The first-order chi connectivity index (χ1) is 7.22. The largest absolute Gasteiger partial charge is 0.317 e. The summed E-state index contributed by atoms with van der Waals surface area (Å²) in [5.74, 6) is 0.754. The van der Waals surface area contributed by atoms with Gasteiger partial charge in [-0.05, 0) is 49.5 Å². The first kappa shape index (κ1) is 12.7. The van der Waals surface area contributed by atoms with Crippen molar-refractivity contribution in [1.29, 1.82) is 0 Å². The van der Waals surface area contributed by atoms with Crippen molar-refractivity contribution in [3.63, 3.8) is 0 Å². The molecule has 0 amide bonds. The molecule has 0 aliphatic carbocycles. The second-order valence-electron chi connectivity index (χ2n) is 4.08. The Bertz CT molecular complexity index is 286. The lowest BCUT2D eigenvalue weighted by molar-refractivity contribution is 0.489. The summed E-state index contributed by atoms with van der Waals surface area (Å²) in [5, 5.41) is 3.39. The van der Waals surface area contributed by atoms with E-state index in [4.69, 9.17) is 0 Å². The molecule has 0 saturated carbocycles. The minimum absolute atomic E-state index is 0.754. The highest BCUT2D eigenvalue weighted by atomic mass is 79.9. The molecular weight excluding hydrogens is 250 g/mol. The molecule has 1 nitrogen and oxygen atoms in total. The molecule has 1 rings (SSSR count). The van der Waals surface area contributed by atoms with Crippen LogP contribution in [0.25, 0.3) is 0 Å². The SMILES string of the molecule is CCNCC(C)CCc1cccc(Br)c1. The third kappa shape index (κ3) is 5.33. The predicted molar refractivity (Wildman–Crippen MR) is 70.2 cm³/mol. The number of halogens is 1. The van der Waals surface area contributed by atoms with Gasteiger partial charge in [0.1, 0.15) is 0 Å². The summed E-state index contributed by atoms with van der Waals surface area (Å²) in [7, 11) is 0. The van der Waals surface area contributed by atoms with E-state index in [1.807, 2.05) is 0 Å². The fourth-order valence-electron chi connectivity index (χ4n) is 1.60. The second-order valence-corrected chi connectivity index (χ2v) is 5.00. The van der Waals surface area contributed by atoms with E-state index in [0.717, 1.165) is 19.0 Å². The van der Waals surface area contributed by atoms with E-state index >= 15 is 0 Å². The van der Waals surface area contributed by atoms with Crippen LogP contribution in [0.5, 0.6) is 0 Å². The number of aryl methyl sites for hydroxylation is 1. The normalized spacial score (nSPS) is 12.7. The molecule has 1 unspecified atom stereocenters. The molecule has 0 aliphatic rings. The van der Waals surface area contributed by atoms with Crippen LogP contribution in [-0.2, 0) is 6.42 Å². The molecule has 1 aromatic carbocycles. The van der Waals surface area contributed by atoms with Gasteiger partial charge >= 0.3 is 0 Å². The Balaban J connectivity index is 2.30. The first-order valence-corrected chi connectivity index (χ1v) is 6.46. The van der Waals surface area contributed by atoms with Crippen molar-refractivity contribution >= 4 is 15.9 Å². The van der Waals surface area contributed by atoms with Crippen molar-refractivity contribution in [2.24, 2.45) is 5.92 Å².